The van der Waals surface area contributed by atoms with Crippen LogP contribution in [0.2, 0.25) is 0 Å². The first-order valence-electron chi connectivity index (χ1n) is 16.1. The van der Waals surface area contributed by atoms with Gasteiger partial charge >= 0.3 is 0 Å². The third-order valence-electron chi connectivity index (χ3n) is 9.35. The summed E-state index contributed by atoms with van der Waals surface area (Å²) in [5, 5.41) is 7.08. The van der Waals surface area contributed by atoms with Crippen molar-refractivity contribution in [2.24, 2.45) is 0 Å². The number of hydrogen-bond donors (Lipinski definition) is 0. The Morgan fingerprint density at radius 2 is 0.896 bits per heavy atom. The van der Waals surface area contributed by atoms with Crippen LogP contribution in [0.15, 0.2) is 164 Å². The van der Waals surface area contributed by atoms with Crippen LogP contribution in [-0.2, 0) is 0 Å². The predicted octanol–water partition coefficient (Wildman–Crippen LogP) is 10.6. The van der Waals surface area contributed by atoms with Crippen LogP contribution >= 0.6 is 0 Å². The van der Waals surface area contributed by atoms with E-state index in [0.29, 0.717) is 17.6 Å². The molecule has 10 rings (SSSR count). The number of hydrogen-bond acceptors (Lipinski definition) is 3. The topological polar surface area (TPSA) is 48.5 Å². The minimum absolute atomic E-state index is 0.588. The molecular weight excluding hydrogens is 587 g/mol. The maximum Gasteiger partial charge on any atom is 0.238 e. The van der Waals surface area contributed by atoms with Crippen molar-refractivity contribution >= 4 is 54.4 Å². The van der Waals surface area contributed by atoms with Crippen LogP contribution in [0.1, 0.15) is 0 Å². The molecule has 0 atom stereocenters. The van der Waals surface area contributed by atoms with E-state index in [2.05, 4.69) is 137 Å². The number of fused-ring (bicyclic) bond motifs is 9. The van der Waals surface area contributed by atoms with Crippen LogP contribution < -0.4 is 0 Å². The molecule has 5 nitrogen and oxygen atoms in total. The highest BCUT2D eigenvalue weighted by atomic mass is 15.2. The Labute approximate surface area is 276 Å². The Bertz CT molecular complexity index is 2760. The zero-order valence-electron chi connectivity index (χ0n) is 25.8. The average molecular weight is 614 g/mol. The smallest absolute Gasteiger partial charge is 0.238 e. The molecule has 0 fully saturated rings. The molecular formula is C43H27N5. The first kappa shape index (κ1) is 26.6. The predicted molar refractivity (Wildman–Crippen MR) is 197 cm³/mol. The summed E-state index contributed by atoms with van der Waals surface area (Å²) >= 11 is 0. The third-order valence-corrected chi connectivity index (χ3v) is 9.35. The van der Waals surface area contributed by atoms with Crippen molar-refractivity contribution in [3.63, 3.8) is 0 Å². The van der Waals surface area contributed by atoms with Gasteiger partial charge < -0.3 is 4.57 Å². The molecule has 0 saturated carbocycles. The molecule has 0 amide bonds. The monoisotopic (exact) mass is 613 g/mol. The minimum atomic E-state index is 0.588. The van der Waals surface area contributed by atoms with E-state index in [-0.39, 0.29) is 0 Å². The molecule has 0 spiro atoms. The van der Waals surface area contributed by atoms with Gasteiger partial charge in [0.1, 0.15) is 0 Å². The Kier molecular flexibility index (Phi) is 5.81. The van der Waals surface area contributed by atoms with Crippen molar-refractivity contribution in [1.29, 1.82) is 0 Å². The second-order valence-corrected chi connectivity index (χ2v) is 12.1. The van der Waals surface area contributed by atoms with E-state index in [1.807, 2.05) is 36.4 Å². The summed E-state index contributed by atoms with van der Waals surface area (Å²) < 4.78 is 4.62. The molecule has 10 aromatic rings. The average Bonchev–Trinajstić information content (AvgIpc) is 3.69. The number of aromatic nitrogens is 5. The molecule has 7 aromatic carbocycles. The van der Waals surface area contributed by atoms with Gasteiger partial charge in [-0.05, 0) is 35.7 Å². The maximum absolute atomic E-state index is 5.21. The van der Waals surface area contributed by atoms with Crippen molar-refractivity contribution in [2.45, 2.75) is 0 Å². The van der Waals surface area contributed by atoms with Crippen molar-refractivity contribution in [2.75, 3.05) is 0 Å². The first-order valence-corrected chi connectivity index (χ1v) is 16.1. The van der Waals surface area contributed by atoms with Crippen molar-refractivity contribution in [3.8, 4) is 34.4 Å². The number of para-hydroxylation sites is 2. The van der Waals surface area contributed by atoms with E-state index in [9.17, 15) is 0 Å². The van der Waals surface area contributed by atoms with Crippen LogP contribution in [-0.4, -0.2) is 24.1 Å². The molecule has 0 aliphatic heterocycles. The standard InChI is InChI=1S/C43H27N5/c1-4-15-29(16-5-1)41-44-42(30-17-6-2-7-18-30)46-43(45-41)48-37-27-26-36-38(39(37)34-25-24-28-14-10-11-21-32(28)40(34)48)33-22-12-13-23-35(33)47(36)31-19-8-3-9-20-31/h1-27H. The quantitative estimate of drug-likeness (QED) is 0.198. The molecule has 0 aliphatic carbocycles. The highest BCUT2D eigenvalue weighted by molar-refractivity contribution is 6.31. The molecule has 0 aliphatic rings. The SMILES string of the molecule is c1ccc(-c2nc(-c3ccccc3)nc(-n3c4ccc5c(c6ccccc6n5-c5ccccc5)c4c4ccc5ccccc5c43)n2)cc1. The van der Waals surface area contributed by atoms with Crippen LogP contribution in [0, 0.1) is 0 Å². The van der Waals surface area contributed by atoms with Crippen molar-refractivity contribution in [1.82, 2.24) is 24.1 Å². The summed E-state index contributed by atoms with van der Waals surface area (Å²) in [5.74, 6) is 1.86. The molecule has 224 valence electrons. The van der Waals surface area contributed by atoms with E-state index in [4.69, 9.17) is 15.0 Å². The van der Waals surface area contributed by atoms with Gasteiger partial charge in [-0.1, -0.05) is 133 Å². The lowest BCUT2D eigenvalue weighted by Gasteiger charge is -2.12. The van der Waals surface area contributed by atoms with Gasteiger partial charge in [0.05, 0.1) is 22.1 Å². The van der Waals surface area contributed by atoms with Crippen LogP contribution in [0.3, 0.4) is 0 Å². The first-order chi connectivity index (χ1) is 23.8. The number of nitrogens with zero attached hydrogens (tertiary/aromatic N) is 5. The van der Waals surface area contributed by atoms with Crippen LogP contribution in [0.25, 0.3) is 88.8 Å². The minimum Gasteiger partial charge on any atom is -0.309 e. The normalized spacial score (nSPS) is 11.8. The van der Waals surface area contributed by atoms with Gasteiger partial charge in [0.15, 0.2) is 11.6 Å². The van der Waals surface area contributed by atoms with E-state index in [1.165, 1.54) is 21.7 Å². The molecule has 3 aromatic heterocycles. The molecule has 48 heavy (non-hydrogen) atoms. The second-order valence-electron chi connectivity index (χ2n) is 12.1. The molecule has 0 radical (unpaired) electrons. The summed E-state index contributed by atoms with van der Waals surface area (Å²) in [5.41, 5.74) is 7.48. The maximum atomic E-state index is 5.21. The van der Waals surface area contributed by atoms with E-state index >= 15 is 0 Å². The molecule has 5 heteroatoms. The van der Waals surface area contributed by atoms with Gasteiger partial charge in [0.2, 0.25) is 5.95 Å². The lowest BCUT2D eigenvalue weighted by molar-refractivity contribution is 0.955. The highest BCUT2D eigenvalue weighted by Gasteiger charge is 2.23. The highest BCUT2D eigenvalue weighted by Crippen LogP contribution is 2.43. The van der Waals surface area contributed by atoms with Crippen molar-refractivity contribution in [3.05, 3.63) is 164 Å². The van der Waals surface area contributed by atoms with Crippen molar-refractivity contribution < 1.29 is 0 Å². The largest absolute Gasteiger partial charge is 0.309 e. The molecule has 0 N–H and O–H groups in total. The van der Waals surface area contributed by atoms with Gasteiger partial charge in [0.25, 0.3) is 0 Å². The molecule has 0 saturated heterocycles. The lowest BCUT2D eigenvalue weighted by Crippen LogP contribution is -2.06. The van der Waals surface area contributed by atoms with Gasteiger partial charge in [-0.15, -0.1) is 0 Å². The van der Waals surface area contributed by atoms with Gasteiger partial charge in [-0.2, -0.15) is 9.97 Å². The van der Waals surface area contributed by atoms with Gasteiger partial charge in [0, 0.05) is 43.7 Å². The summed E-state index contributed by atoms with van der Waals surface area (Å²) in [6.45, 7) is 0. The summed E-state index contributed by atoms with van der Waals surface area (Å²) in [4.78, 5) is 15.4. The van der Waals surface area contributed by atoms with Gasteiger partial charge in [-0.3, -0.25) is 4.57 Å². The molecule has 3 heterocycles. The Balaban J connectivity index is 1.39. The van der Waals surface area contributed by atoms with Crippen LogP contribution in [0.4, 0.5) is 0 Å². The number of rotatable bonds is 4. The fourth-order valence-electron chi connectivity index (χ4n) is 7.29. The van der Waals surface area contributed by atoms with E-state index in [0.717, 1.165) is 49.5 Å². The molecule has 0 unspecified atom stereocenters. The Hall–Kier alpha value is -6.59. The summed E-state index contributed by atoms with van der Waals surface area (Å²) in [7, 11) is 0. The summed E-state index contributed by atoms with van der Waals surface area (Å²) in [6, 6.07) is 57.2. The zero-order chi connectivity index (χ0) is 31.6. The van der Waals surface area contributed by atoms with Gasteiger partial charge in [-0.25, -0.2) is 4.98 Å². The Morgan fingerprint density at radius 1 is 0.354 bits per heavy atom. The zero-order valence-corrected chi connectivity index (χ0v) is 25.8. The molecule has 0 bridgehead atoms. The number of benzene rings is 7. The second kappa shape index (κ2) is 10.5. The van der Waals surface area contributed by atoms with Crippen LogP contribution in [0.5, 0.6) is 0 Å². The Morgan fingerprint density at radius 3 is 1.58 bits per heavy atom. The lowest BCUT2D eigenvalue weighted by atomic mass is 10.0. The van der Waals surface area contributed by atoms with E-state index < -0.39 is 0 Å². The third kappa shape index (κ3) is 3.94. The summed E-state index contributed by atoms with van der Waals surface area (Å²) in [6.07, 6.45) is 0. The fraction of sp³-hybridized carbons (Fsp3) is 0. The fourth-order valence-corrected chi connectivity index (χ4v) is 7.29. The van der Waals surface area contributed by atoms with E-state index in [1.54, 1.807) is 0 Å².